The van der Waals surface area contributed by atoms with E-state index in [4.69, 9.17) is 43.8 Å². The largest absolute Gasteiger partial charge is 0.469 e. The number of ether oxygens (including phenoxy) is 4. The van der Waals surface area contributed by atoms with Crippen molar-refractivity contribution in [3.05, 3.63) is 10.2 Å². The van der Waals surface area contributed by atoms with Crippen molar-refractivity contribution in [2.24, 2.45) is 0 Å². The van der Waals surface area contributed by atoms with Gasteiger partial charge in [-0.1, -0.05) is 74.8 Å². The van der Waals surface area contributed by atoms with E-state index in [-0.39, 0.29) is 34.1 Å². The molecule has 2 aliphatic rings. The number of halogens is 2. The highest BCUT2D eigenvalue weighted by Crippen LogP contribution is 2.44. The molecule has 0 aromatic carbocycles. The van der Waals surface area contributed by atoms with Crippen LogP contribution in [0.25, 0.3) is 0 Å². The normalized spacial score (nSPS) is 24.1. The molecule has 0 amide bonds. The minimum Gasteiger partial charge on any atom is -0.469 e. The van der Waals surface area contributed by atoms with Gasteiger partial charge < -0.3 is 37.3 Å². The predicted molar refractivity (Wildman–Crippen MR) is 245 cm³/mol. The summed E-state index contributed by atoms with van der Waals surface area (Å²) < 4.78 is 48.2. The first kappa shape index (κ1) is 52.3. The summed E-state index contributed by atoms with van der Waals surface area (Å²) >= 11 is 9.00. The smallest absolute Gasteiger partial charge is 0.308 e. The highest BCUT2D eigenvalue weighted by Gasteiger charge is 2.53. The Hall–Kier alpha value is 0.161. The molecule has 326 valence electrons. The van der Waals surface area contributed by atoms with Gasteiger partial charge in [0.15, 0.2) is 25.0 Å². The highest BCUT2D eigenvalue weighted by atomic mass is 127. The number of aliphatic hydroxyl groups excluding tert-OH is 1. The zero-order valence-electron chi connectivity index (χ0n) is 37.4. The topological polar surface area (TPSA) is 102 Å². The molecule has 2 rings (SSSR count). The summed E-state index contributed by atoms with van der Waals surface area (Å²) in [5.41, 5.74) is 0. The van der Waals surface area contributed by atoms with Crippen LogP contribution in [0.3, 0.4) is 0 Å². The highest BCUT2D eigenvalue weighted by molar-refractivity contribution is 14.1. The SMILES string of the molecule is C=C(I)C[C@H](Cl)CCC1(C#CC(O[Si](CC)(CC)CC)C2O[C@@H](CCC(O)CC(=O)OC)CC(O[Si](C)(C)C(C)(C)C)C2O[Si](C)(C)C(C)(C)C)OCCCO1. The fraction of sp³-hybridized carbons (Fsp3) is 0.881. The molecule has 2 fully saturated rings. The number of methoxy groups -OCH3 is 1. The summed E-state index contributed by atoms with van der Waals surface area (Å²) in [7, 11) is -5.71. The van der Waals surface area contributed by atoms with Gasteiger partial charge in [0.05, 0.1) is 51.2 Å². The molecule has 0 aromatic rings. The quantitative estimate of drug-likeness (QED) is 0.0420. The Balaban J connectivity index is 2.85. The lowest BCUT2D eigenvalue weighted by Crippen LogP contribution is -2.63. The molecule has 7 atom stereocenters. The van der Waals surface area contributed by atoms with Crippen LogP contribution in [0, 0.1) is 11.8 Å². The molecule has 0 spiro atoms. The Morgan fingerprint density at radius 2 is 1.52 bits per heavy atom. The van der Waals surface area contributed by atoms with Gasteiger partial charge in [-0.3, -0.25) is 4.79 Å². The molecule has 0 bridgehead atoms. The Labute approximate surface area is 363 Å². The van der Waals surface area contributed by atoms with Gasteiger partial charge in [-0.15, -0.1) is 11.6 Å². The Morgan fingerprint density at radius 1 is 0.964 bits per heavy atom. The minimum absolute atomic E-state index is 0.0507. The molecule has 0 radical (unpaired) electrons. The molecule has 0 aliphatic carbocycles. The monoisotopic (exact) mass is 972 g/mol. The number of hydrogen-bond donors (Lipinski definition) is 1. The van der Waals surface area contributed by atoms with Crippen LogP contribution in [0.15, 0.2) is 10.2 Å². The van der Waals surface area contributed by atoms with E-state index in [1.165, 1.54) is 7.11 Å². The molecule has 5 unspecified atom stereocenters. The van der Waals surface area contributed by atoms with Crippen LogP contribution in [0.2, 0.25) is 54.4 Å². The number of aliphatic hydroxyl groups is 1. The fourth-order valence-corrected chi connectivity index (χ4v) is 13.1. The Morgan fingerprint density at radius 3 is 2.02 bits per heavy atom. The third-order valence-electron chi connectivity index (χ3n) is 12.7. The summed E-state index contributed by atoms with van der Waals surface area (Å²) in [5.74, 6) is 5.55. The van der Waals surface area contributed by atoms with E-state index in [9.17, 15) is 9.90 Å². The average molecular weight is 974 g/mol. The fourth-order valence-electron chi connectivity index (χ4n) is 6.65. The van der Waals surface area contributed by atoms with Crippen LogP contribution >= 0.6 is 34.2 Å². The van der Waals surface area contributed by atoms with Crippen molar-refractivity contribution in [1.29, 1.82) is 0 Å². The van der Waals surface area contributed by atoms with Crippen LogP contribution < -0.4 is 0 Å². The molecule has 0 aromatic heterocycles. The van der Waals surface area contributed by atoms with Crippen LogP contribution in [0.1, 0.15) is 114 Å². The van der Waals surface area contributed by atoms with Crippen molar-refractivity contribution in [2.75, 3.05) is 20.3 Å². The summed E-state index contributed by atoms with van der Waals surface area (Å²) in [5, 5.41) is 10.6. The second kappa shape index (κ2) is 22.3. The van der Waals surface area contributed by atoms with E-state index in [1.54, 1.807) is 0 Å². The molecular formula is C42H78ClIO9Si3. The maximum Gasteiger partial charge on any atom is 0.308 e. The maximum absolute atomic E-state index is 12.1. The van der Waals surface area contributed by atoms with Crippen molar-refractivity contribution >= 4 is 65.1 Å². The van der Waals surface area contributed by atoms with E-state index in [2.05, 4.69) is 130 Å². The van der Waals surface area contributed by atoms with Crippen LogP contribution in [0.4, 0.5) is 0 Å². The molecule has 2 heterocycles. The molecule has 1 N–H and O–H groups in total. The van der Waals surface area contributed by atoms with Gasteiger partial charge in [-0.2, -0.15) is 0 Å². The van der Waals surface area contributed by atoms with Gasteiger partial charge in [0.2, 0.25) is 5.79 Å². The zero-order valence-corrected chi connectivity index (χ0v) is 43.3. The second-order valence-corrected chi connectivity index (χ2v) is 35.3. The number of carbonyl (C=O) groups excluding carboxylic acids is 1. The lowest BCUT2D eigenvalue weighted by molar-refractivity contribution is -0.233. The molecule has 9 nitrogen and oxygen atoms in total. The summed E-state index contributed by atoms with van der Waals surface area (Å²) in [6.07, 6.45) is 0.842. The van der Waals surface area contributed by atoms with Crippen molar-refractivity contribution in [3.63, 3.8) is 0 Å². The predicted octanol–water partition coefficient (Wildman–Crippen LogP) is 10.9. The van der Waals surface area contributed by atoms with E-state index < -0.39 is 61.1 Å². The van der Waals surface area contributed by atoms with Gasteiger partial charge in [0, 0.05) is 18.2 Å². The van der Waals surface area contributed by atoms with Crippen molar-refractivity contribution in [3.8, 4) is 11.8 Å². The van der Waals surface area contributed by atoms with Gasteiger partial charge >= 0.3 is 5.97 Å². The van der Waals surface area contributed by atoms with Gasteiger partial charge in [0.25, 0.3) is 0 Å². The molecular weight excluding hydrogens is 895 g/mol. The van der Waals surface area contributed by atoms with Crippen LogP contribution in [0.5, 0.6) is 0 Å². The van der Waals surface area contributed by atoms with E-state index in [1.807, 2.05) is 0 Å². The summed E-state index contributed by atoms with van der Waals surface area (Å²) in [6.45, 7) is 34.4. The summed E-state index contributed by atoms with van der Waals surface area (Å²) in [6, 6.07) is 2.79. The third-order valence-corrected chi connectivity index (χ3v) is 27.1. The molecule has 56 heavy (non-hydrogen) atoms. The van der Waals surface area contributed by atoms with E-state index in [0.29, 0.717) is 51.7 Å². The lowest BCUT2D eigenvalue weighted by Gasteiger charge is -2.52. The molecule has 0 saturated carbocycles. The first-order valence-corrected chi connectivity index (χ1v) is 30.9. The number of allylic oxidation sites excluding steroid dienone is 1. The van der Waals surface area contributed by atoms with Crippen LogP contribution in [-0.4, -0.2) is 104 Å². The first-order valence-electron chi connectivity index (χ1n) is 21.0. The number of rotatable bonds is 20. The molecule has 2 aliphatic heterocycles. The Kier molecular flexibility index (Phi) is 20.8. The van der Waals surface area contributed by atoms with Gasteiger partial charge in [-0.05, 0) is 119 Å². The van der Waals surface area contributed by atoms with Crippen molar-refractivity contribution in [1.82, 2.24) is 0 Å². The number of esters is 1. The number of hydrogen-bond acceptors (Lipinski definition) is 9. The second-order valence-electron chi connectivity index (χ2n) is 18.9. The van der Waals surface area contributed by atoms with Gasteiger partial charge in [0.1, 0.15) is 12.2 Å². The summed E-state index contributed by atoms with van der Waals surface area (Å²) in [4.78, 5) is 12.1. The van der Waals surface area contributed by atoms with Crippen molar-refractivity contribution in [2.45, 2.75) is 216 Å². The van der Waals surface area contributed by atoms with Crippen molar-refractivity contribution < 1.29 is 42.1 Å². The lowest BCUT2D eigenvalue weighted by atomic mass is 9.92. The zero-order chi connectivity index (χ0) is 42.8. The third kappa shape index (κ3) is 15.6. The molecule has 2 saturated heterocycles. The number of alkyl halides is 1. The number of carbonyl (C=O) groups is 1. The van der Waals surface area contributed by atoms with Gasteiger partial charge in [-0.25, -0.2) is 0 Å². The average Bonchev–Trinajstić information content (AvgIpc) is 3.10. The maximum atomic E-state index is 12.1. The van der Waals surface area contributed by atoms with Crippen LogP contribution in [-0.2, 0) is 37.0 Å². The van der Waals surface area contributed by atoms with E-state index in [0.717, 1.165) is 28.1 Å². The minimum atomic E-state index is -2.42. The molecule has 14 heteroatoms. The Bertz CT molecular complexity index is 1290. The standard InChI is InChI=1S/C42H78ClIO9Si3/c1-16-56(17-2,18-3)52-35(23-25-42(48-26-19-27-49-42)24-22-32(43)28-31(4)44)38-39(53-55(14,15)41(8,9)10)36(51-54(12,13)40(5,6)7)30-34(50-38)21-20-33(45)29-37(46)47-11/h32-36,38-39,45H,4,16-22,24,26-30H2,1-3,5-15H3/t32-,33?,34+,35?,36?,38?,39?/m1/s1. The van der Waals surface area contributed by atoms with E-state index >= 15 is 0 Å². The first-order chi connectivity index (χ1) is 25.8.